The maximum absolute atomic E-state index is 12.8. The Labute approximate surface area is 183 Å². The van der Waals surface area contributed by atoms with Gasteiger partial charge in [0.25, 0.3) is 5.91 Å². The van der Waals surface area contributed by atoms with E-state index < -0.39 is 10.0 Å². The highest BCUT2D eigenvalue weighted by atomic mass is 32.2. The Kier molecular flexibility index (Phi) is 7.33. The monoisotopic (exact) mass is 442 g/mol. The van der Waals surface area contributed by atoms with E-state index >= 15 is 0 Å². The quantitative estimate of drug-likeness (QED) is 0.611. The zero-order valence-electron chi connectivity index (χ0n) is 17.4. The average Bonchev–Trinajstić information content (AvgIpc) is 2.82. The van der Waals surface area contributed by atoms with Crippen LogP contribution < -0.4 is 14.8 Å². The number of amides is 1. The number of sulfonamides is 1. The first kappa shape index (κ1) is 22.8. The molecule has 2 aromatic rings. The Hall–Kier alpha value is -2.86. The SMILES string of the molecule is C#CCNS(=O)(=O)c1cccc(C(=O)NCC2(c3ccc(OC)cc3)CCOCC2)c1. The first-order chi connectivity index (χ1) is 14.9. The van der Waals surface area contributed by atoms with Crippen LogP contribution in [0.5, 0.6) is 5.75 Å². The van der Waals surface area contributed by atoms with Crippen molar-refractivity contribution in [2.75, 3.05) is 33.4 Å². The van der Waals surface area contributed by atoms with Gasteiger partial charge in [-0.1, -0.05) is 24.1 Å². The Morgan fingerprint density at radius 1 is 1.19 bits per heavy atom. The molecule has 31 heavy (non-hydrogen) atoms. The summed E-state index contributed by atoms with van der Waals surface area (Å²) in [6.07, 6.45) is 6.66. The van der Waals surface area contributed by atoms with Crippen molar-refractivity contribution in [3.05, 3.63) is 59.7 Å². The zero-order valence-corrected chi connectivity index (χ0v) is 18.2. The fraction of sp³-hybridized carbons (Fsp3) is 0.348. The van der Waals surface area contributed by atoms with E-state index in [0.29, 0.717) is 19.8 Å². The predicted molar refractivity (Wildman–Crippen MR) is 118 cm³/mol. The van der Waals surface area contributed by atoms with Crippen LogP contribution in [0.3, 0.4) is 0 Å². The highest BCUT2D eigenvalue weighted by molar-refractivity contribution is 7.89. The van der Waals surface area contributed by atoms with Gasteiger partial charge < -0.3 is 14.8 Å². The number of rotatable bonds is 8. The van der Waals surface area contributed by atoms with Crippen molar-refractivity contribution in [2.45, 2.75) is 23.2 Å². The van der Waals surface area contributed by atoms with Gasteiger partial charge in [0.15, 0.2) is 0 Å². The third kappa shape index (κ3) is 5.44. The van der Waals surface area contributed by atoms with Crippen LogP contribution in [0.4, 0.5) is 0 Å². The summed E-state index contributed by atoms with van der Waals surface area (Å²) in [4.78, 5) is 12.8. The summed E-state index contributed by atoms with van der Waals surface area (Å²) in [5, 5.41) is 2.99. The molecule has 7 nitrogen and oxygen atoms in total. The van der Waals surface area contributed by atoms with Gasteiger partial charge in [-0.25, -0.2) is 8.42 Å². The van der Waals surface area contributed by atoms with Crippen LogP contribution >= 0.6 is 0 Å². The number of nitrogens with one attached hydrogen (secondary N) is 2. The first-order valence-corrected chi connectivity index (χ1v) is 11.4. The van der Waals surface area contributed by atoms with Gasteiger partial charge in [-0.05, 0) is 48.7 Å². The van der Waals surface area contributed by atoms with Crippen LogP contribution in [0.2, 0.25) is 0 Å². The van der Waals surface area contributed by atoms with Gasteiger partial charge in [0.05, 0.1) is 18.6 Å². The van der Waals surface area contributed by atoms with Crippen molar-refractivity contribution in [2.24, 2.45) is 0 Å². The van der Waals surface area contributed by atoms with Crippen molar-refractivity contribution < 1.29 is 22.7 Å². The molecule has 0 unspecified atom stereocenters. The van der Waals surface area contributed by atoms with Crippen molar-refractivity contribution in [3.8, 4) is 18.1 Å². The highest BCUT2D eigenvalue weighted by Gasteiger charge is 2.35. The lowest BCUT2D eigenvalue weighted by molar-refractivity contribution is 0.0487. The molecule has 0 radical (unpaired) electrons. The smallest absolute Gasteiger partial charge is 0.251 e. The summed E-state index contributed by atoms with van der Waals surface area (Å²) in [5.74, 6) is 2.66. The molecule has 1 heterocycles. The van der Waals surface area contributed by atoms with Crippen LogP contribution in [0, 0.1) is 12.3 Å². The molecular formula is C23H26N2O5S. The number of methoxy groups -OCH3 is 1. The standard InChI is InChI=1S/C23H26N2O5S/c1-3-13-25-31(27,28)21-6-4-5-18(16-21)22(26)24-17-23(11-14-30-15-12-23)19-7-9-20(29-2)10-8-19/h1,4-10,16,25H,11-15,17H2,2H3,(H,24,26). The number of hydrogen-bond acceptors (Lipinski definition) is 5. The maximum Gasteiger partial charge on any atom is 0.251 e. The largest absolute Gasteiger partial charge is 0.497 e. The fourth-order valence-electron chi connectivity index (χ4n) is 3.65. The molecule has 1 aliphatic heterocycles. The molecule has 1 aliphatic rings. The fourth-order valence-corrected chi connectivity index (χ4v) is 4.63. The summed E-state index contributed by atoms with van der Waals surface area (Å²) >= 11 is 0. The zero-order chi connectivity index (χ0) is 22.3. The molecule has 8 heteroatoms. The molecule has 2 N–H and O–H groups in total. The third-order valence-electron chi connectivity index (χ3n) is 5.51. The Morgan fingerprint density at radius 2 is 1.90 bits per heavy atom. The van der Waals surface area contributed by atoms with E-state index in [1.807, 2.05) is 24.3 Å². The van der Waals surface area contributed by atoms with E-state index in [1.165, 1.54) is 18.2 Å². The lowest BCUT2D eigenvalue weighted by atomic mass is 9.74. The molecule has 0 spiro atoms. The lowest BCUT2D eigenvalue weighted by Crippen LogP contribution is -2.44. The predicted octanol–water partition coefficient (Wildman–Crippen LogP) is 2.08. The van der Waals surface area contributed by atoms with E-state index in [4.69, 9.17) is 15.9 Å². The van der Waals surface area contributed by atoms with Crippen LogP contribution in [0.25, 0.3) is 0 Å². The Morgan fingerprint density at radius 3 is 2.55 bits per heavy atom. The lowest BCUT2D eigenvalue weighted by Gasteiger charge is -2.38. The van der Waals surface area contributed by atoms with E-state index in [2.05, 4.69) is 16.0 Å². The summed E-state index contributed by atoms with van der Waals surface area (Å²) < 4.78 is 37.7. The van der Waals surface area contributed by atoms with Gasteiger partial charge in [-0.2, -0.15) is 4.72 Å². The second kappa shape index (κ2) is 9.96. The molecule has 1 fully saturated rings. The highest BCUT2D eigenvalue weighted by Crippen LogP contribution is 2.35. The first-order valence-electron chi connectivity index (χ1n) is 9.94. The van der Waals surface area contributed by atoms with E-state index in [-0.39, 0.29) is 28.3 Å². The minimum Gasteiger partial charge on any atom is -0.497 e. The van der Waals surface area contributed by atoms with Crippen molar-refractivity contribution in [3.63, 3.8) is 0 Å². The number of ether oxygens (including phenoxy) is 2. The van der Waals surface area contributed by atoms with Crippen LogP contribution in [-0.2, 0) is 20.2 Å². The topological polar surface area (TPSA) is 93.7 Å². The van der Waals surface area contributed by atoms with Gasteiger partial charge in [0.2, 0.25) is 10.0 Å². The molecule has 0 atom stereocenters. The molecule has 1 saturated heterocycles. The number of carbonyl (C=O) groups is 1. The van der Waals surface area contributed by atoms with Gasteiger partial charge in [-0.15, -0.1) is 6.42 Å². The number of hydrogen-bond donors (Lipinski definition) is 2. The maximum atomic E-state index is 12.8. The second-order valence-electron chi connectivity index (χ2n) is 7.36. The molecule has 2 aromatic carbocycles. The van der Waals surface area contributed by atoms with Gasteiger partial charge in [0, 0.05) is 30.7 Å². The van der Waals surface area contributed by atoms with Gasteiger partial charge in [-0.3, -0.25) is 4.79 Å². The van der Waals surface area contributed by atoms with Gasteiger partial charge >= 0.3 is 0 Å². The molecule has 164 valence electrons. The van der Waals surface area contributed by atoms with Crippen molar-refractivity contribution >= 4 is 15.9 Å². The molecular weight excluding hydrogens is 416 g/mol. The van der Waals surface area contributed by atoms with Crippen molar-refractivity contribution in [1.29, 1.82) is 0 Å². The number of benzene rings is 2. The molecule has 0 aromatic heterocycles. The second-order valence-corrected chi connectivity index (χ2v) is 9.13. The molecule has 0 aliphatic carbocycles. The molecule has 0 bridgehead atoms. The van der Waals surface area contributed by atoms with E-state index in [9.17, 15) is 13.2 Å². The van der Waals surface area contributed by atoms with Crippen LogP contribution in [0.15, 0.2) is 53.4 Å². The summed E-state index contributed by atoms with van der Waals surface area (Å²) in [7, 11) is -2.16. The Bertz CT molecular complexity index is 1050. The average molecular weight is 443 g/mol. The number of carbonyl (C=O) groups excluding carboxylic acids is 1. The molecule has 0 saturated carbocycles. The summed E-state index contributed by atoms with van der Waals surface area (Å²) in [6, 6.07) is 13.7. The third-order valence-corrected chi connectivity index (χ3v) is 6.91. The van der Waals surface area contributed by atoms with Crippen molar-refractivity contribution in [1.82, 2.24) is 10.0 Å². The minimum absolute atomic E-state index is 0.00802. The summed E-state index contributed by atoms with van der Waals surface area (Å²) in [6.45, 7) is 1.51. The van der Waals surface area contributed by atoms with Crippen LogP contribution in [0.1, 0.15) is 28.8 Å². The minimum atomic E-state index is -3.78. The Balaban J connectivity index is 1.77. The van der Waals surface area contributed by atoms with Gasteiger partial charge in [0.1, 0.15) is 5.75 Å². The van der Waals surface area contributed by atoms with Crippen LogP contribution in [-0.4, -0.2) is 47.7 Å². The molecule has 1 amide bonds. The van der Waals surface area contributed by atoms with E-state index in [0.717, 1.165) is 24.2 Å². The number of terminal acetylenes is 1. The summed E-state index contributed by atoms with van der Waals surface area (Å²) in [5.41, 5.74) is 1.10. The molecule has 3 rings (SSSR count). The van der Waals surface area contributed by atoms with E-state index in [1.54, 1.807) is 13.2 Å². The normalized spacial score (nSPS) is 15.6.